The third-order valence-corrected chi connectivity index (χ3v) is 6.09. The van der Waals surface area contributed by atoms with Crippen molar-refractivity contribution in [2.45, 2.75) is 19.1 Å². The SMILES string of the molecule is CCOC(=O)c1nc2sc3c(c2c(=O)[nH]1)CCS(=O)(=O)C3.[HH]. The van der Waals surface area contributed by atoms with Crippen LogP contribution in [0.4, 0.5) is 0 Å². The summed E-state index contributed by atoms with van der Waals surface area (Å²) in [6, 6.07) is 0. The maximum absolute atomic E-state index is 12.2. The number of sulfone groups is 1. The van der Waals surface area contributed by atoms with Crippen molar-refractivity contribution >= 4 is 37.4 Å². The molecule has 3 heterocycles. The number of aryl methyl sites for hydroxylation is 1. The van der Waals surface area contributed by atoms with Gasteiger partial charge >= 0.3 is 5.97 Å². The molecule has 0 bridgehead atoms. The first-order valence-corrected chi connectivity index (χ1v) is 8.97. The van der Waals surface area contributed by atoms with Gasteiger partial charge in [0.25, 0.3) is 5.56 Å². The van der Waals surface area contributed by atoms with Crippen LogP contribution in [-0.4, -0.2) is 36.7 Å². The van der Waals surface area contributed by atoms with Crippen LogP contribution in [0, 0.1) is 0 Å². The monoisotopic (exact) mass is 330 g/mol. The average molecular weight is 330 g/mol. The Morgan fingerprint density at radius 1 is 1.52 bits per heavy atom. The third kappa shape index (κ3) is 2.46. The molecule has 0 atom stereocenters. The molecule has 0 amide bonds. The fraction of sp³-hybridized carbons (Fsp3) is 0.417. The standard InChI is InChI=1S/C12H12N2O5S2.H2/c1-2-19-12(16)9-13-10(15)8-6-3-4-21(17,18)5-7(6)20-11(8)14-9;/h2-5H2,1H3,(H,13,14,15);1H. The van der Waals surface area contributed by atoms with Crippen LogP contribution >= 0.6 is 11.3 Å². The maximum atomic E-state index is 12.2. The van der Waals surface area contributed by atoms with E-state index in [1.54, 1.807) is 6.92 Å². The van der Waals surface area contributed by atoms with Gasteiger partial charge in [-0.3, -0.25) is 4.79 Å². The Kier molecular flexibility index (Phi) is 3.33. The fourth-order valence-electron chi connectivity index (χ4n) is 2.32. The lowest BCUT2D eigenvalue weighted by atomic mass is 10.1. The molecule has 114 valence electrons. The molecule has 0 unspecified atom stereocenters. The first-order chi connectivity index (χ1) is 9.91. The molecule has 0 fully saturated rings. The molecule has 3 rings (SSSR count). The highest BCUT2D eigenvalue weighted by atomic mass is 32.2. The van der Waals surface area contributed by atoms with Crippen LogP contribution in [0.3, 0.4) is 0 Å². The third-order valence-electron chi connectivity index (χ3n) is 3.23. The Hall–Kier alpha value is -1.74. The van der Waals surface area contributed by atoms with Crippen LogP contribution in [0.2, 0.25) is 0 Å². The van der Waals surface area contributed by atoms with Crippen molar-refractivity contribution in [2.24, 2.45) is 0 Å². The van der Waals surface area contributed by atoms with E-state index in [0.717, 1.165) is 16.9 Å². The van der Waals surface area contributed by atoms with Gasteiger partial charge in [0.05, 0.1) is 23.5 Å². The second kappa shape index (κ2) is 4.92. The molecular formula is C12H14N2O5S2. The molecule has 0 aromatic carbocycles. The van der Waals surface area contributed by atoms with E-state index in [1.165, 1.54) is 0 Å². The van der Waals surface area contributed by atoms with E-state index in [1.807, 2.05) is 0 Å². The Balaban J connectivity index is 0.00000176. The lowest BCUT2D eigenvalue weighted by Crippen LogP contribution is -2.20. The van der Waals surface area contributed by atoms with Gasteiger partial charge in [-0.15, -0.1) is 11.3 Å². The summed E-state index contributed by atoms with van der Waals surface area (Å²) in [5, 5.41) is 0.387. The van der Waals surface area contributed by atoms with Gasteiger partial charge in [-0.1, -0.05) is 0 Å². The van der Waals surface area contributed by atoms with Gasteiger partial charge in [0.1, 0.15) is 4.83 Å². The van der Waals surface area contributed by atoms with Crippen molar-refractivity contribution in [1.29, 1.82) is 0 Å². The predicted octanol–water partition coefficient (Wildman–Crippen LogP) is 0.878. The number of carbonyl (C=O) groups is 1. The van der Waals surface area contributed by atoms with E-state index in [-0.39, 0.29) is 25.4 Å². The van der Waals surface area contributed by atoms with E-state index in [9.17, 15) is 18.0 Å². The summed E-state index contributed by atoms with van der Waals surface area (Å²) in [7, 11) is -3.11. The van der Waals surface area contributed by atoms with E-state index in [4.69, 9.17) is 4.74 Å². The Bertz CT molecular complexity index is 900. The Morgan fingerprint density at radius 2 is 2.29 bits per heavy atom. The smallest absolute Gasteiger partial charge is 0.374 e. The number of nitrogens with one attached hydrogen (secondary N) is 1. The zero-order valence-electron chi connectivity index (χ0n) is 11.1. The number of fused-ring (bicyclic) bond motifs is 3. The van der Waals surface area contributed by atoms with Crippen molar-refractivity contribution in [2.75, 3.05) is 12.4 Å². The van der Waals surface area contributed by atoms with Crippen molar-refractivity contribution < 1.29 is 19.4 Å². The number of rotatable bonds is 2. The van der Waals surface area contributed by atoms with Crippen molar-refractivity contribution in [3.63, 3.8) is 0 Å². The number of aromatic nitrogens is 2. The van der Waals surface area contributed by atoms with Gasteiger partial charge in [-0.05, 0) is 18.9 Å². The molecule has 1 aliphatic rings. The highest BCUT2D eigenvalue weighted by molar-refractivity contribution is 7.90. The normalized spacial score (nSPS) is 16.6. The average Bonchev–Trinajstić information content (AvgIpc) is 2.74. The lowest BCUT2D eigenvalue weighted by Gasteiger charge is -2.11. The Morgan fingerprint density at radius 3 is 3.00 bits per heavy atom. The summed E-state index contributed by atoms with van der Waals surface area (Å²) in [5.41, 5.74) is 0.300. The zero-order valence-corrected chi connectivity index (χ0v) is 12.8. The van der Waals surface area contributed by atoms with Crippen molar-refractivity contribution in [1.82, 2.24) is 9.97 Å². The van der Waals surface area contributed by atoms with Crippen LogP contribution in [0.15, 0.2) is 4.79 Å². The number of thiophene rings is 1. The second-order valence-corrected chi connectivity index (χ2v) is 7.93. The molecule has 7 nitrogen and oxygen atoms in total. The summed E-state index contributed by atoms with van der Waals surface area (Å²) in [6.45, 7) is 1.84. The molecule has 9 heteroatoms. The quantitative estimate of drug-likeness (QED) is 0.819. The van der Waals surface area contributed by atoms with Gasteiger partial charge in [0.15, 0.2) is 9.84 Å². The van der Waals surface area contributed by atoms with Gasteiger partial charge in [-0.2, -0.15) is 0 Å². The van der Waals surface area contributed by atoms with Crippen LogP contribution in [0.1, 0.15) is 29.4 Å². The summed E-state index contributed by atoms with van der Waals surface area (Å²) in [5.74, 6) is -0.895. The molecule has 0 radical (unpaired) electrons. The fourth-order valence-corrected chi connectivity index (χ4v) is 5.34. The molecule has 2 aromatic rings. The first-order valence-electron chi connectivity index (χ1n) is 6.33. The van der Waals surface area contributed by atoms with Crippen molar-refractivity contribution in [3.8, 4) is 0 Å². The van der Waals surface area contributed by atoms with Crippen LogP contribution in [0.5, 0.6) is 0 Å². The molecular weight excluding hydrogens is 316 g/mol. The number of esters is 1. The van der Waals surface area contributed by atoms with Gasteiger partial charge in [0.2, 0.25) is 5.82 Å². The van der Waals surface area contributed by atoms with Gasteiger partial charge in [0, 0.05) is 6.30 Å². The largest absolute Gasteiger partial charge is 0.460 e. The van der Waals surface area contributed by atoms with E-state index in [0.29, 0.717) is 21.5 Å². The van der Waals surface area contributed by atoms with Crippen LogP contribution in [0.25, 0.3) is 10.2 Å². The molecule has 1 N–H and O–H groups in total. The molecule has 2 aromatic heterocycles. The molecule has 0 saturated heterocycles. The predicted molar refractivity (Wildman–Crippen MR) is 79.5 cm³/mol. The van der Waals surface area contributed by atoms with E-state index in [2.05, 4.69) is 9.97 Å². The minimum Gasteiger partial charge on any atom is -0.460 e. The van der Waals surface area contributed by atoms with E-state index < -0.39 is 21.4 Å². The number of nitrogens with zero attached hydrogens (tertiary/aromatic N) is 1. The molecule has 0 spiro atoms. The lowest BCUT2D eigenvalue weighted by molar-refractivity contribution is 0.0512. The van der Waals surface area contributed by atoms with Gasteiger partial charge < -0.3 is 9.72 Å². The van der Waals surface area contributed by atoms with Crippen LogP contribution in [-0.2, 0) is 26.7 Å². The number of aromatic amines is 1. The summed E-state index contributed by atoms with van der Waals surface area (Å²) in [4.78, 5) is 31.3. The van der Waals surface area contributed by atoms with Gasteiger partial charge in [-0.25, -0.2) is 18.2 Å². The Labute approximate surface area is 125 Å². The van der Waals surface area contributed by atoms with E-state index >= 15 is 0 Å². The highest BCUT2D eigenvalue weighted by Crippen LogP contribution is 2.33. The minimum atomic E-state index is -3.11. The molecule has 0 saturated carbocycles. The summed E-state index contributed by atoms with van der Waals surface area (Å²) < 4.78 is 28.1. The number of carbonyl (C=O) groups excluding carboxylic acids is 1. The molecule has 21 heavy (non-hydrogen) atoms. The number of ether oxygens (including phenoxy) is 1. The summed E-state index contributed by atoms with van der Waals surface area (Å²) >= 11 is 1.15. The number of hydrogen-bond donors (Lipinski definition) is 1. The summed E-state index contributed by atoms with van der Waals surface area (Å²) in [6.07, 6.45) is 0.307. The molecule has 1 aliphatic heterocycles. The second-order valence-electron chi connectivity index (χ2n) is 4.66. The van der Waals surface area contributed by atoms with Crippen molar-refractivity contribution in [3.05, 3.63) is 26.6 Å². The maximum Gasteiger partial charge on any atom is 0.374 e. The minimum absolute atomic E-state index is 0. The zero-order chi connectivity index (χ0) is 15.2. The number of H-pyrrole nitrogens is 1. The number of hydrogen-bond acceptors (Lipinski definition) is 7. The topological polar surface area (TPSA) is 106 Å². The first kappa shape index (κ1) is 14.2. The van der Waals surface area contributed by atoms with Crippen LogP contribution < -0.4 is 5.56 Å². The molecule has 0 aliphatic carbocycles. The highest BCUT2D eigenvalue weighted by Gasteiger charge is 2.27.